The van der Waals surface area contributed by atoms with Gasteiger partial charge in [-0.25, -0.2) is 0 Å². The van der Waals surface area contributed by atoms with E-state index in [9.17, 15) is 32.7 Å². The fraction of sp³-hybridized carbons (Fsp3) is 0.400. The molecule has 10 heteroatoms. The molecule has 1 atom stereocenters. The summed E-state index contributed by atoms with van der Waals surface area (Å²) in [6.45, 7) is 3.18. The number of carbonyl (C=O) groups excluding carboxylic acids is 3. The Labute approximate surface area is 200 Å². The summed E-state index contributed by atoms with van der Waals surface area (Å²) in [5.74, 6) is -1.43. The van der Waals surface area contributed by atoms with E-state index in [1.165, 1.54) is 12.1 Å². The van der Waals surface area contributed by atoms with E-state index in [0.717, 1.165) is 17.0 Å². The van der Waals surface area contributed by atoms with Crippen LogP contribution in [0, 0.1) is 0 Å². The Morgan fingerprint density at radius 1 is 1.03 bits per heavy atom. The number of hydrogen-bond donors (Lipinski definition) is 1. The van der Waals surface area contributed by atoms with Crippen molar-refractivity contribution in [3.05, 3.63) is 59.7 Å². The lowest BCUT2D eigenvalue weighted by Gasteiger charge is -2.38. The van der Waals surface area contributed by atoms with Crippen molar-refractivity contribution < 1.29 is 32.7 Å². The van der Waals surface area contributed by atoms with Gasteiger partial charge in [-0.1, -0.05) is 30.3 Å². The summed E-state index contributed by atoms with van der Waals surface area (Å²) in [7, 11) is 0. The van der Waals surface area contributed by atoms with Crippen LogP contribution in [-0.2, 0) is 26.0 Å². The van der Waals surface area contributed by atoms with Gasteiger partial charge in [-0.2, -0.15) is 13.2 Å². The summed E-state index contributed by atoms with van der Waals surface area (Å²) < 4.78 is 40.2. The van der Waals surface area contributed by atoms with Gasteiger partial charge in [-0.3, -0.25) is 19.3 Å². The van der Waals surface area contributed by atoms with Crippen LogP contribution in [0.4, 0.5) is 18.9 Å². The lowest BCUT2D eigenvalue weighted by molar-refractivity contribution is -0.143. The highest BCUT2D eigenvalue weighted by molar-refractivity contribution is 6.10. The highest BCUT2D eigenvalue weighted by atomic mass is 19.4. The van der Waals surface area contributed by atoms with Gasteiger partial charge in [0.2, 0.25) is 17.7 Å². The van der Waals surface area contributed by atoms with Crippen LogP contribution in [-0.4, -0.2) is 65.4 Å². The van der Waals surface area contributed by atoms with Crippen LogP contribution in [0.15, 0.2) is 48.5 Å². The minimum atomic E-state index is -4.63. The highest BCUT2D eigenvalue weighted by Gasteiger charge is 2.54. The van der Waals surface area contributed by atoms with Crippen molar-refractivity contribution in [3.63, 3.8) is 0 Å². The predicted molar refractivity (Wildman–Crippen MR) is 122 cm³/mol. The number of para-hydroxylation sites is 2. The summed E-state index contributed by atoms with van der Waals surface area (Å²) >= 11 is 0. The first-order valence-corrected chi connectivity index (χ1v) is 11.4. The van der Waals surface area contributed by atoms with E-state index >= 15 is 0 Å². The lowest BCUT2D eigenvalue weighted by Crippen LogP contribution is -2.51. The zero-order valence-electron chi connectivity index (χ0n) is 19.2. The molecule has 0 aromatic heterocycles. The Hall–Kier alpha value is -3.56. The number of phenols is 1. The van der Waals surface area contributed by atoms with Crippen molar-refractivity contribution in [2.75, 3.05) is 37.6 Å². The Morgan fingerprint density at radius 3 is 2.31 bits per heavy atom. The minimum absolute atomic E-state index is 0.0165. The first kappa shape index (κ1) is 24.6. The SMILES string of the molecule is CCN1C(=O)C[C@@](CC(=O)N2CCN(c3ccccc3O)CC2)(c2cccc(C(F)(F)F)c2)C1=O. The van der Waals surface area contributed by atoms with Crippen LogP contribution >= 0.6 is 0 Å². The summed E-state index contributed by atoms with van der Waals surface area (Å²) in [4.78, 5) is 43.8. The van der Waals surface area contributed by atoms with E-state index in [-0.39, 0.29) is 24.3 Å². The molecule has 0 unspecified atom stereocenters. The smallest absolute Gasteiger partial charge is 0.416 e. The van der Waals surface area contributed by atoms with Crippen molar-refractivity contribution in [2.24, 2.45) is 0 Å². The molecule has 2 heterocycles. The number of carbonyl (C=O) groups is 3. The van der Waals surface area contributed by atoms with Gasteiger partial charge in [0.1, 0.15) is 5.75 Å². The number of likely N-dealkylation sites (tertiary alicyclic amines) is 1. The number of hydrogen-bond acceptors (Lipinski definition) is 5. The first-order chi connectivity index (χ1) is 16.6. The third-order valence-electron chi connectivity index (χ3n) is 6.78. The van der Waals surface area contributed by atoms with Crippen LogP contribution < -0.4 is 4.90 Å². The molecule has 0 spiro atoms. The van der Waals surface area contributed by atoms with Gasteiger partial charge < -0.3 is 14.9 Å². The topological polar surface area (TPSA) is 81.2 Å². The van der Waals surface area contributed by atoms with Crippen molar-refractivity contribution >= 4 is 23.4 Å². The zero-order valence-corrected chi connectivity index (χ0v) is 19.2. The van der Waals surface area contributed by atoms with E-state index in [4.69, 9.17) is 0 Å². The number of nitrogens with zero attached hydrogens (tertiary/aromatic N) is 3. The second-order valence-corrected chi connectivity index (χ2v) is 8.81. The van der Waals surface area contributed by atoms with E-state index in [0.29, 0.717) is 31.9 Å². The molecule has 2 aromatic carbocycles. The number of imide groups is 1. The molecule has 0 radical (unpaired) electrons. The second kappa shape index (κ2) is 9.24. The Balaban J connectivity index is 1.58. The number of amides is 3. The number of benzene rings is 2. The number of likely N-dealkylation sites (N-methyl/N-ethyl adjacent to an activating group) is 1. The van der Waals surface area contributed by atoms with Crippen LogP contribution in [0.1, 0.15) is 30.9 Å². The summed E-state index contributed by atoms with van der Waals surface area (Å²) in [6.07, 6.45) is -5.38. The Kier molecular flexibility index (Phi) is 6.48. The molecule has 2 fully saturated rings. The maximum atomic E-state index is 13.4. The minimum Gasteiger partial charge on any atom is -0.506 e. The van der Waals surface area contributed by atoms with Crippen LogP contribution in [0.5, 0.6) is 5.75 Å². The van der Waals surface area contributed by atoms with Gasteiger partial charge in [0.15, 0.2) is 0 Å². The van der Waals surface area contributed by atoms with Gasteiger partial charge in [0.05, 0.1) is 16.7 Å². The van der Waals surface area contributed by atoms with E-state index in [1.54, 1.807) is 36.1 Å². The molecule has 186 valence electrons. The number of phenolic OH excluding ortho intramolecular Hbond substituents is 1. The number of alkyl halides is 3. The normalized spacial score (nSPS) is 21.1. The first-order valence-electron chi connectivity index (χ1n) is 11.4. The van der Waals surface area contributed by atoms with E-state index in [1.807, 2.05) is 4.90 Å². The predicted octanol–water partition coefficient (Wildman–Crippen LogP) is 3.17. The molecule has 1 N–H and O–H groups in total. The van der Waals surface area contributed by atoms with Crippen LogP contribution in [0.2, 0.25) is 0 Å². The van der Waals surface area contributed by atoms with Crippen LogP contribution in [0.25, 0.3) is 0 Å². The molecule has 2 saturated heterocycles. The summed E-state index contributed by atoms with van der Waals surface area (Å²) in [5.41, 5.74) is -1.95. The fourth-order valence-corrected chi connectivity index (χ4v) is 4.88. The summed E-state index contributed by atoms with van der Waals surface area (Å²) in [6, 6.07) is 11.2. The highest BCUT2D eigenvalue weighted by Crippen LogP contribution is 2.42. The number of aromatic hydroxyl groups is 1. The second-order valence-electron chi connectivity index (χ2n) is 8.81. The van der Waals surface area contributed by atoms with Gasteiger partial charge in [0.25, 0.3) is 0 Å². The monoisotopic (exact) mass is 489 g/mol. The van der Waals surface area contributed by atoms with Gasteiger partial charge >= 0.3 is 6.18 Å². The van der Waals surface area contributed by atoms with Gasteiger partial charge in [-0.15, -0.1) is 0 Å². The molecule has 3 amide bonds. The molecule has 4 rings (SSSR count). The molecule has 2 aliphatic rings. The quantitative estimate of drug-likeness (QED) is 0.653. The third-order valence-corrected chi connectivity index (χ3v) is 6.78. The molecular weight excluding hydrogens is 463 g/mol. The van der Waals surface area contributed by atoms with Crippen molar-refractivity contribution in [1.82, 2.24) is 9.80 Å². The summed E-state index contributed by atoms with van der Waals surface area (Å²) in [5, 5.41) is 10.1. The van der Waals surface area contributed by atoms with Gasteiger partial charge in [0, 0.05) is 45.6 Å². The zero-order chi connectivity index (χ0) is 25.4. The maximum absolute atomic E-state index is 13.4. The van der Waals surface area contributed by atoms with Gasteiger partial charge in [-0.05, 0) is 30.7 Å². The largest absolute Gasteiger partial charge is 0.506 e. The molecule has 0 aliphatic carbocycles. The lowest BCUT2D eigenvalue weighted by atomic mass is 9.75. The van der Waals surface area contributed by atoms with Crippen molar-refractivity contribution in [2.45, 2.75) is 31.4 Å². The number of piperazine rings is 1. The average Bonchev–Trinajstić information content (AvgIpc) is 3.08. The van der Waals surface area contributed by atoms with Crippen LogP contribution in [0.3, 0.4) is 0 Å². The Bertz CT molecular complexity index is 1140. The number of halogens is 3. The molecule has 2 aromatic rings. The molecule has 7 nitrogen and oxygen atoms in total. The number of rotatable bonds is 5. The molecule has 35 heavy (non-hydrogen) atoms. The van der Waals surface area contributed by atoms with Crippen molar-refractivity contribution in [1.29, 1.82) is 0 Å². The van der Waals surface area contributed by atoms with E-state index < -0.39 is 41.3 Å². The molecule has 2 aliphatic heterocycles. The Morgan fingerprint density at radius 2 is 1.71 bits per heavy atom. The maximum Gasteiger partial charge on any atom is 0.416 e. The molecule has 0 saturated carbocycles. The van der Waals surface area contributed by atoms with E-state index in [2.05, 4.69) is 0 Å². The van der Waals surface area contributed by atoms with Crippen molar-refractivity contribution in [3.8, 4) is 5.75 Å². The average molecular weight is 489 g/mol. The number of anilines is 1. The standard InChI is InChI=1S/C25H26F3N3O4/c1-2-31-22(34)16-24(23(31)35,17-6-5-7-18(14-17)25(26,27)28)15-21(33)30-12-10-29(11-13-30)19-8-3-4-9-20(19)32/h3-9,14,32H,2,10-13,15-16H2,1H3/t24-/m0/s1. The molecule has 0 bridgehead atoms. The molecular formula is C25H26F3N3O4. The fourth-order valence-electron chi connectivity index (χ4n) is 4.88. The third kappa shape index (κ3) is 4.56.